The first-order chi connectivity index (χ1) is 14.1. The van der Waals surface area contributed by atoms with Crippen molar-refractivity contribution in [2.24, 2.45) is 4.36 Å². The molecule has 0 aromatic carbocycles. The summed E-state index contributed by atoms with van der Waals surface area (Å²) in [6.07, 6.45) is 9.41. The van der Waals surface area contributed by atoms with Gasteiger partial charge in [-0.2, -0.15) is 10.4 Å². The highest BCUT2D eigenvalue weighted by molar-refractivity contribution is 7.91. The molecule has 0 unspecified atom stereocenters. The van der Waals surface area contributed by atoms with E-state index >= 15 is 0 Å². The first-order valence-corrected chi connectivity index (χ1v) is 11.4. The van der Waals surface area contributed by atoms with E-state index in [1.165, 1.54) is 6.33 Å². The van der Waals surface area contributed by atoms with Gasteiger partial charge in [0.1, 0.15) is 27.4 Å². The van der Waals surface area contributed by atoms with Crippen LogP contribution in [0.25, 0.3) is 22.3 Å². The number of H-pyrrole nitrogens is 1. The van der Waals surface area contributed by atoms with Crippen LogP contribution in [0.4, 0.5) is 0 Å². The fourth-order valence-electron chi connectivity index (χ4n) is 3.84. The fraction of sp³-hybridized carbons (Fsp3) is 0.474. The van der Waals surface area contributed by atoms with E-state index in [-0.39, 0.29) is 6.04 Å². The molecule has 4 heterocycles. The summed E-state index contributed by atoms with van der Waals surface area (Å²) in [7, 11) is -2.39. The van der Waals surface area contributed by atoms with Crippen molar-refractivity contribution in [3.05, 3.63) is 31.0 Å². The molecule has 2 fully saturated rings. The van der Waals surface area contributed by atoms with E-state index in [4.69, 9.17) is 0 Å². The van der Waals surface area contributed by atoms with E-state index in [2.05, 4.69) is 30.5 Å². The van der Waals surface area contributed by atoms with Gasteiger partial charge in [0.15, 0.2) is 0 Å². The molecule has 29 heavy (non-hydrogen) atoms. The van der Waals surface area contributed by atoms with Gasteiger partial charge in [-0.25, -0.2) is 22.8 Å². The molecule has 0 amide bonds. The summed E-state index contributed by atoms with van der Waals surface area (Å²) in [4.78, 5) is 11.7. The largest absolute Gasteiger partial charge is 0.346 e. The Morgan fingerprint density at radius 1 is 1.41 bits per heavy atom. The number of hydrogen-bond acceptors (Lipinski definition) is 6. The van der Waals surface area contributed by atoms with Crippen LogP contribution in [-0.2, 0) is 15.5 Å². The number of aromatic nitrogens is 5. The molecule has 10 heteroatoms. The second-order valence-electron chi connectivity index (χ2n) is 7.73. The van der Waals surface area contributed by atoms with Gasteiger partial charge in [-0.15, -0.1) is 0 Å². The summed E-state index contributed by atoms with van der Waals surface area (Å²) in [5.41, 5.74) is 1.95. The van der Waals surface area contributed by atoms with Gasteiger partial charge in [0.25, 0.3) is 0 Å². The Kier molecular flexibility index (Phi) is 4.18. The Bertz CT molecular complexity index is 1220. The number of rotatable bonds is 6. The monoisotopic (exact) mass is 410 g/mol. The summed E-state index contributed by atoms with van der Waals surface area (Å²) < 4.78 is 21.6. The maximum atomic E-state index is 13.3. The summed E-state index contributed by atoms with van der Waals surface area (Å²) >= 11 is 0. The fourth-order valence-corrected chi connectivity index (χ4v) is 6.05. The van der Waals surface area contributed by atoms with Gasteiger partial charge < -0.3 is 4.98 Å². The predicted octanol–water partition coefficient (Wildman–Crippen LogP) is 2.31. The van der Waals surface area contributed by atoms with Crippen LogP contribution in [0.3, 0.4) is 0 Å². The minimum atomic E-state index is -2.39. The van der Waals surface area contributed by atoms with E-state index in [9.17, 15) is 9.47 Å². The third-order valence-electron chi connectivity index (χ3n) is 5.69. The lowest BCUT2D eigenvalue weighted by Gasteiger charge is -2.49. The molecule has 1 aliphatic carbocycles. The van der Waals surface area contributed by atoms with Crippen LogP contribution >= 0.6 is 0 Å². The van der Waals surface area contributed by atoms with Gasteiger partial charge in [0.2, 0.25) is 0 Å². The van der Waals surface area contributed by atoms with Crippen LogP contribution in [-0.4, -0.2) is 58.1 Å². The molecule has 0 bridgehead atoms. The van der Waals surface area contributed by atoms with Crippen molar-refractivity contribution in [3.8, 4) is 17.3 Å². The van der Waals surface area contributed by atoms with Gasteiger partial charge in [0, 0.05) is 42.2 Å². The molecule has 3 aromatic heterocycles. The molecule has 3 aromatic rings. The van der Waals surface area contributed by atoms with Gasteiger partial charge in [-0.1, -0.05) is 6.92 Å². The zero-order valence-electron chi connectivity index (χ0n) is 16.2. The molecular weight excluding hydrogens is 388 g/mol. The number of fused-ring (bicyclic) bond motifs is 1. The topological polar surface area (TPSA) is 116 Å². The highest BCUT2D eigenvalue weighted by Crippen LogP contribution is 2.37. The van der Waals surface area contributed by atoms with Crippen molar-refractivity contribution in [1.29, 1.82) is 5.26 Å². The van der Waals surface area contributed by atoms with Crippen LogP contribution in [0, 0.1) is 11.3 Å². The summed E-state index contributed by atoms with van der Waals surface area (Å²) in [5, 5.41) is 14.9. The zero-order valence-corrected chi connectivity index (χ0v) is 17.0. The van der Waals surface area contributed by atoms with E-state index < -0.39 is 15.5 Å². The number of nitrogens with one attached hydrogen (secondary N) is 1. The number of hydrogen-bond donors (Lipinski definition) is 1. The molecule has 1 N–H and O–H groups in total. The molecule has 5 rings (SSSR count). The molecule has 9 nitrogen and oxygen atoms in total. The summed E-state index contributed by atoms with van der Waals surface area (Å²) in [5.74, 6) is 0.503. The van der Waals surface area contributed by atoms with Gasteiger partial charge >= 0.3 is 0 Å². The first kappa shape index (κ1) is 18.3. The SMILES string of the molecule is CC[S@](=O)(=NC1CC1)N1CC(CC#N)(n2cc(-c3ncnc4[nH]ccc34)cn2)C1. The lowest BCUT2D eigenvalue weighted by molar-refractivity contribution is 0.0749. The standard InChI is InChI=1S/C19H22N8OS/c1-2-29(28,25-15-3-4-15)26-11-19(12-26,6-7-20)27-10-14(9-24-27)17-16-5-8-21-18(16)23-13-22-17/h5,8-10,13,15H,2-4,6,11-12H2,1H3,(H,21,22,23)/t29-/m0/s1. The summed E-state index contributed by atoms with van der Waals surface area (Å²) in [6, 6.07) is 4.47. The van der Waals surface area contributed by atoms with Crippen LogP contribution in [0.5, 0.6) is 0 Å². The van der Waals surface area contributed by atoms with E-state index in [1.54, 1.807) is 6.20 Å². The Morgan fingerprint density at radius 2 is 2.24 bits per heavy atom. The molecule has 1 saturated heterocycles. The van der Waals surface area contributed by atoms with Crippen molar-refractivity contribution in [1.82, 2.24) is 29.0 Å². The Morgan fingerprint density at radius 3 is 2.97 bits per heavy atom. The molecule has 1 atom stereocenters. The summed E-state index contributed by atoms with van der Waals surface area (Å²) in [6.45, 7) is 2.93. The van der Waals surface area contributed by atoms with Crippen LogP contribution in [0.1, 0.15) is 26.2 Å². The number of aromatic amines is 1. The van der Waals surface area contributed by atoms with Crippen LogP contribution < -0.4 is 0 Å². The second kappa shape index (κ2) is 6.64. The molecule has 2 aliphatic rings. The van der Waals surface area contributed by atoms with Gasteiger partial charge in [-0.05, 0) is 18.9 Å². The van der Waals surface area contributed by atoms with Gasteiger partial charge in [-0.3, -0.25) is 4.68 Å². The highest BCUT2D eigenvalue weighted by Gasteiger charge is 2.49. The van der Waals surface area contributed by atoms with E-state index in [0.29, 0.717) is 25.3 Å². The normalized spacial score (nSPS) is 20.7. The van der Waals surface area contributed by atoms with Crippen molar-refractivity contribution in [3.63, 3.8) is 0 Å². The Hall–Kier alpha value is -2.77. The van der Waals surface area contributed by atoms with Crippen molar-refractivity contribution in [2.45, 2.75) is 37.8 Å². The lowest BCUT2D eigenvalue weighted by atomic mass is 9.89. The molecule has 0 radical (unpaired) electrons. The minimum Gasteiger partial charge on any atom is -0.346 e. The van der Waals surface area contributed by atoms with Crippen LogP contribution in [0.15, 0.2) is 35.3 Å². The smallest absolute Gasteiger partial charge is 0.141 e. The highest BCUT2D eigenvalue weighted by atomic mass is 32.2. The molecular formula is C19H22N8OS. The van der Waals surface area contributed by atoms with Crippen LogP contribution in [0.2, 0.25) is 0 Å². The van der Waals surface area contributed by atoms with E-state index in [1.807, 2.05) is 34.4 Å². The maximum Gasteiger partial charge on any atom is 0.141 e. The first-order valence-electron chi connectivity index (χ1n) is 9.76. The Labute approximate surface area is 169 Å². The lowest BCUT2D eigenvalue weighted by Crippen LogP contribution is -2.64. The maximum absolute atomic E-state index is 13.3. The second-order valence-corrected chi connectivity index (χ2v) is 10.2. The zero-order chi connectivity index (χ0) is 20.1. The van der Waals surface area contributed by atoms with Crippen molar-refractivity contribution < 1.29 is 4.21 Å². The van der Waals surface area contributed by atoms with E-state index in [0.717, 1.165) is 35.1 Å². The number of nitriles is 1. The third kappa shape index (κ3) is 3.01. The minimum absolute atomic E-state index is 0.242. The predicted molar refractivity (Wildman–Crippen MR) is 109 cm³/mol. The molecule has 1 saturated carbocycles. The molecule has 1 aliphatic heterocycles. The van der Waals surface area contributed by atoms with Crippen molar-refractivity contribution >= 4 is 20.9 Å². The third-order valence-corrected chi connectivity index (χ3v) is 8.13. The molecule has 0 spiro atoms. The average Bonchev–Trinajstić information content (AvgIpc) is 3.18. The van der Waals surface area contributed by atoms with Crippen molar-refractivity contribution in [2.75, 3.05) is 18.8 Å². The molecule has 150 valence electrons. The quantitative estimate of drug-likeness (QED) is 0.669. The average molecular weight is 411 g/mol. The Balaban J connectivity index is 1.46. The van der Waals surface area contributed by atoms with Gasteiger partial charge in [0.05, 0.1) is 30.4 Å². The number of nitrogens with zero attached hydrogens (tertiary/aromatic N) is 7.